The van der Waals surface area contributed by atoms with Crippen molar-refractivity contribution in [1.82, 2.24) is 5.06 Å². The van der Waals surface area contributed by atoms with Crippen LogP contribution < -0.4 is 0 Å². The van der Waals surface area contributed by atoms with E-state index in [1.54, 1.807) is 0 Å². The topological polar surface area (TPSA) is 29.5 Å². The van der Waals surface area contributed by atoms with Crippen LogP contribution in [0, 0.1) is 0 Å². The first-order valence-electron chi connectivity index (χ1n) is 7.20. The van der Waals surface area contributed by atoms with Gasteiger partial charge in [0, 0.05) is 23.9 Å². The van der Waals surface area contributed by atoms with E-state index in [0.717, 1.165) is 0 Å². The van der Waals surface area contributed by atoms with E-state index in [1.165, 1.54) is 0 Å². The van der Waals surface area contributed by atoms with Crippen LogP contribution in [0.1, 0.15) is 61.3 Å². The van der Waals surface area contributed by atoms with Gasteiger partial charge in [-0.1, -0.05) is 20.8 Å². The van der Waals surface area contributed by atoms with Gasteiger partial charge in [0.2, 0.25) is 8.32 Å². The van der Waals surface area contributed by atoms with E-state index in [4.69, 9.17) is 4.53 Å². The highest BCUT2D eigenvalue weighted by atomic mass is 28.4. The van der Waals surface area contributed by atoms with Crippen LogP contribution in [0.2, 0.25) is 18.1 Å². The number of ketones is 1. The van der Waals surface area contributed by atoms with Gasteiger partial charge in [0.25, 0.3) is 0 Å². The molecule has 0 atom stereocenters. The highest BCUT2D eigenvalue weighted by molar-refractivity contribution is 6.74. The minimum atomic E-state index is -1.88. The molecule has 0 aromatic rings. The summed E-state index contributed by atoms with van der Waals surface area (Å²) < 4.78 is 6.54. The van der Waals surface area contributed by atoms with E-state index in [9.17, 15) is 4.79 Å². The van der Waals surface area contributed by atoms with Crippen LogP contribution in [0.15, 0.2) is 0 Å². The molecule has 0 aliphatic carbocycles. The van der Waals surface area contributed by atoms with Crippen LogP contribution in [0.5, 0.6) is 0 Å². The Kier molecular flexibility index (Phi) is 4.15. The van der Waals surface area contributed by atoms with Crippen LogP contribution >= 0.6 is 0 Å². The van der Waals surface area contributed by atoms with Crippen molar-refractivity contribution in [1.29, 1.82) is 0 Å². The molecule has 1 aliphatic rings. The van der Waals surface area contributed by atoms with Crippen LogP contribution in [0.4, 0.5) is 0 Å². The lowest BCUT2D eigenvalue weighted by Crippen LogP contribution is -2.64. The molecule has 4 heteroatoms. The van der Waals surface area contributed by atoms with Gasteiger partial charge in [-0.2, -0.15) is 5.06 Å². The molecule has 0 bridgehead atoms. The summed E-state index contributed by atoms with van der Waals surface area (Å²) in [6, 6.07) is 0. The van der Waals surface area contributed by atoms with Gasteiger partial charge in [0.1, 0.15) is 5.78 Å². The Labute approximate surface area is 119 Å². The molecule has 0 spiro atoms. The molecule has 0 aromatic carbocycles. The van der Waals surface area contributed by atoms with Crippen molar-refractivity contribution < 1.29 is 9.32 Å². The van der Waals surface area contributed by atoms with Gasteiger partial charge in [0.05, 0.1) is 0 Å². The van der Waals surface area contributed by atoms with Gasteiger partial charge in [-0.05, 0) is 45.8 Å². The predicted molar refractivity (Wildman–Crippen MR) is 82.5 cm³/mol. The van der Waals surface area contributed by atoms with Gasteiger partial charge in [-0.25, -0.2) is 0 Å². The lowest BCUT2D eigenvalue weighted by Gasteiger charge is -2.54. The van der Waals surface area contributed by atoms with Crippen molar-refractivity contribution in [2.24, 2.45) is 0 Å². The maximum atomic E-state index is 11.9. The molecular weight excluding hydrogens is 254 g/mol. The highest BCUT2D eigenvalue weighted by Crippen LogP contribution is 2.43. The van der Waals surface area contributed by atoms with Crippen LogP contribution in [-0.2, 0) is 9.32 Å². The quantitative estimate of drug-likeness (QED) is 0.714. The number of rotatable bonds is 2. The lowest BCUT2D eigenvalue weighted by molar-refractivity contribution is -0.223. The number of hydroxylamine groups is 2. The second-order valence-corrected chi connectivity index (χ2v) is 13.4. The Balaban J connectivity index is 3.06. The average molecular weight is 286 g/mol. The third kappa shape index (κ3) is 3.47. The third-order valence-corrected chi connectivity index (χ3v) is 8.74. The van der Waals surface area contributed by atoms with E-state index in [1.807, 2.05) is 0 Å². The lowest BCUT2D eigenvalue weighted by atomic mass is 9.81. The Bertz CT molecular complexity index is 347. The van der Waals surface area contributed by atoms with Crippen molar-refractivity contribution in [2.45, 2.75) is 90.5 Å². The number of carbonyl (C=O) groups excluding carboxylic acids is 1. The normalized spacial score (nSPS) is 24.6. The molecular formula is C15H31NO2Si. The van der Waals surface area contributed by atoms with E-state index in [0.29, 0.717) is 18.6 Å². The standard InChI is InChI=1S/C15H31NO2Si/c1-13(2,3)19(8,9)18-16-14(4,5)10-12(17)11-15(16,6)7/h10-11H2,1-9H3. The van der Waals surface area contributed by atoms with Crippen LogP contribution in [-0.4, -0.2) is 30.2 Å². The minimum absolute atomic E-state index is 0.167. The smallest absolute Gasteiger partial charge is 0.220 e. The van der Waals surface area contributed by atoms with Crippen molar-refractivity contribution in [3.8, 4) is 0 Å². The van der Waals surface area contributed by atoms with Crippen molar-refractivity contribution in [3.63, 3.8) is 0 Å². The van der Waals surface area contributed by atoms with E-state index >= 15 is 0 Å². The Morgan fingerprint density at radius 1 is 1.05 bits per heavy atom. The molecule has 0 saturated carbocycles. The fourth-order valence-electron chi connectivity index (χ4n) is 2.60. The number of nitrogens with zero attached hydrogens (tertiary/aromatic N) is 1. The Hall–Kier alpha value is -0.193. The summed E-state index contributed by atoms with van der Waals surface area (Å²) in [6.45, 7) is 19.7. The predicted octanol–water partition coefficient (Wildman–Crippen LogP) is 4.15. The van der Waals surface area contributed by atoms with Gasteiger partial charge in [-0.3, -0.25) is 4.79 Å². The second-order valence-electron chi connectivity index (χ2n) is 8.66. The second kappa shape index (κ2) is 4.67. The summed E-state index contributed by atoms with van der Waals surface area (Å²) in [5, 5.41) is 2.29. The first kappa shape index (κ1) is 16.9. The zero-order valence-corrected chi connectivity index (χ0v) is 15.2. The van der Waals surface area contributed by atoms with Crippen molar-refractivity contribution in [2.75, 3.05) is 0 Å². The molecule has 1 aliphatic heterocycles. The monoisotopic (exact) mass is 285 g/mol. The number of hydrogen-bond acceptors (Lipinski definition) is 3. The van der Waals surface area contributed by atoms with E-state index < -0.39 is 8.32 Å². The molecule has 0 amide bonds. The molecule has 19 heavy (non-hydrogen) atoms. The van der Waals surface area contributed by atoms with Gasteiger partial charge < -0.3 is 4.53 Å². The number of carbonyl (C=O) groups is 1. The largest absolute Gasteiger partial charge is 0.341 e. The summed E-state index contributed by atoms with van der Waals surface area (Å²) in [4.78, 5) is 11.9. The summed E-state index contributed by atoms with van der Waals surface area (Å²) in [5.74, 6) is 0.338. The molecule has 0 N–H and O–H groups in total. The molecule has 1 rings (SSSR count). The first-order chi connectivity index (χ1) is 8.19. The minimum Gasteiger partial charge on any atom is -0.341 e. The number of hydrogen-bond donors (Lipinski definition) is 0. The van der Waals surface area contributed by atoms with Gasteiger partial charge in [-0.15, -0.1) is 0 Å². The molecule has 3 nitrogen and oxygen atoms in total. The molecule has 1 saturated heterocycles. The summed E-state index contributed by atoms with van der Waals surface area (Å²) in [7, 11) is -1.88. The molecule has 112 valence electrons. The van der Waals surface area contributed by atoms with Crippen molar-refractivity contribution in [3.05, 3.63) is 0 Å². The van der Waals surface area contributed by atoms with E-state index in [-0.39, 0.29) is 16.1 Å². The third-order valence-electron chi connectivity index (χ3n) is 4.48. The SMILES string of the molecule is CC1(C)CC(=O)CC(C)(C)N1O[Si](C)(C)C(C)(C)C. The molecule has 1 heterocycles. The van der Waals surface area contributed by atoms with E-state index in [2.05, 4.69) is 66.6 Å². The molecule has 0 unspecified atom stereocenters. The zero-order valence-electron chi connectivity index (χ0n) is 14.2. The van der Waals surface area contributed by atoms with Gasteiger partial charge in [0.15, 0.2) is 0 Å². The highest BCUT2D eigenvalue weighted by Gasteiger charge is 2.50. The fourth-order valence-corrected chi connectivity index (χ4v) is 3.83. The summed E-state index contributed by atoms with van der Waals surface area (Å²) in [6.07, 6.45) is 1.15. The number of piperidine rings is 1. The molecule has 1 fully saturated rings. The summed E-state index contributed by atoms with van der Waals surface area (Å²) in [5.41, 5.74) is -0.456. The molecule has 0 aromatic heterocycles. The zero-order chi connectivity index (χ0) is 15.3. The maximum absolute atomic E-state index is 11.9. The Morgan fingerprint density at radius 3 is 1.74 bits per heavy atom. The van der Waals surface area contributed by atoms with Crippen molar-refractivity contribution >= 4 is 14.1 Å². The Morgan fingerprint density at radius 2 is 1.42 bits per heavy atom. The van der Waals surface area contributed by atoms with Crippen LogP contribution in [0.3, 0.4) is 0 Å². The first-order valence-corrected chi connectivity index (χ1v) is 10.1. The maximum Gasteiger partial charge on any atom is 0.220 e. The summed E-state index contributed by atoms with van der Waals surface area (Å²) >= 11 is 0. The molecule has 0 radical (unpaired) electrons. The van der Waals surface area contributed by atoms with Crippen LogP contribution in [0.25, 0.3) is 0 Å². The fraction of sp³-hybridized carbons (Fsp3) is 0.933. The average Bonchev–Trinajstić information content (AvgIpc) is 2.07. The van der Waals surface area contributed by atoms with Gasteiger partial charge >= 0.3 is 0 Å². The number of Topliss-reactive ketones (excluding diaryl/α,β-unsaturated/α-hetero) is 1.